The average molecular weight is 239 g/mol. The Bertz CT molecular complexity index is 711. The second-order valence-corrected chi connectivity index (χ2v) is 3.75. The van der Waals surface area contributed by atoms with Crippen molar-refractivity contribution in [3.05, 3.63) is 41.4 Å². The molecule has 2 aromatic heterocycles. The minimum absolute atomic E-state index is 0.187. The number of amides is 1. The van der Waals surface area contributed by atoms with E-state index < -0.39 is 0 Å². The lowest BCUT2D eigenvalue weighted by atomic mass is 10.3. The molecule has 1 N–H and O–H groups in total. The van der Waals surface area contributed by atoms with Crippen LogP contribution < -0.4 is 16.0 Å². The summed E-state index contributed by atoms with van der Waals surface area (Å²) in [6.07, 6.45) is 7.08. The van der Waals surface area contributed by atoms with Crippen LogP contribution in [0.25, 0.3) is 6.08 Å². The van der Waals surface area contributed by atoms with Gasteiger partial charge in [-0.05, 0) is 12.1 Å². The number of anilines is 2. The minimum Gasteiger partial charge on any atom is -0.323 e. The Morgan fingerprint density at radius 3 is 3.06 bits per heavy atom. The highest BCUT2D eigenvalue weighted by Crippen LogP contribution is 2.07. The highest BCUT2D eigenvalue weighted by atomic mass is 16.1. The van der Waals surface area contributed by atoms with Crippen molar-refractivity contribution in [1.82, 2.24) is 15.0 Å². The number of nitrogens with zero attached hydrogens (tertiary/aromatic N) is 4. The number of fused-ring (bicyclic) bond motifs is 1. The first-order valence-electron chi connectivity index (χ1n) is 5.43. The molecule has 0 radical (unpaired) electrons. The molecule has 0 bridgehead atoms. The van der Waals surface area contributed by atoms with Gasteiger partial charge < -0.3 is 5.32 Å². The first-order chi connectivity index (χ1) is 8.81. The molecule has 0 saturated carbocycles. The highest BCUT2D eigenvalue weighted by Gasteiger charge is 2.05. The normalized spacial score (nSPS) is 13.2. The fourth-order valence-electron chi connectivity index (χ4n) is 1.60. The number of rotatable bonds is 2. The maximum atomic E-state index is 11.2. The Labute approximate surface area is 102 Å². The van der Waals surface area contributed by atoms with Gasteiger partial charge in [0, 0.05) is 24.0 Å². The highest BCUT2D eigenvalue weighted by molar-refractivity contribution is 5.82. The van der Waals surface area contributed by atoms with E-state index in [9.17, 15) is 4.79 Å². The van der Waals surface area contributed by atoms with Gasteiger partial charge in [0.25, 0.3) is 5.91 Å². The molecular formula is C12H9N5O. The van der Waals surface area contributed by atoms with Gasteiger partial charge in [-0.15, -0.1) is 0 Å². The van der Waals surface area contributed by atoms with Crippen LogP contribution in [0.1, 0.15) is 6.42 Å². The Hall–Kier alpha value is -2.63. The summed E-state index contributed by atoms with van der Waals surface area (Å²) in [7, 11) is 0. The molecule has 2 aromatic rings. The summed E-state index contributed by atoms with van der Waals surface area (Å²) >= 11 is 0. The predicted octanol–water partition coefficient (Wildman–Crippen LogP) is -0.0544. The van der Waals surface area contributed by atoms with Gasteiger partial charge in [0.15, 0.2) is 5.49 Å². The quantitative estimate of drug-likeness (QED) is 0.794. The van der Waals surface area contributed by atoms with Crippen molar-refractivity contribution >= 4 is 23.6 Å². The third-order valence-electron chi connectivity index (χ3n) is 2.44. The Kier molecular flexibility index (Phi) is 2.53. The Balaban J connectivity index is 1.99. The van der Waals surface area contributed by atoms with Crippen molar-refractivity contribution in [2.24, 2.45) is 4.99 Å². The van der Waals surface area contributed by atoms with Crippen LogP contribution in [-0.2, 0) is 4.79 Å². The summed E-state index contributed by atoms with van der Waals surface area (Å²) in [5.74, 6) is 0.210. The van der Waals surface area contributed by atoms with Crippen molar-refractivity contribution in [3.8, 4) is 0 Å². The van der Waals surface area contributed by atoms with Crippen LogP contribution in [0.3, 0.4) is 0 Å². The first-order valence-corrected chi connectivity index (χ1v) is 5.43. The van der Waals surface area contributed by atoms with Crippen molar-refractivity contribution in [2.75, 3.05) is 5.32 Å². The zero-order valence-electron chi connectivity index (χ0n) is 9.37. The summed E-state index contributed by atoms with van der Waals surface area (Å²) < 4.78 is 0. The van der Waals surface area contributed by atoms with E-state index in [-0.39, 0.29) is 5.91 Å². The van der Waals surface area contributed by atoms with Crippen LogP contribution in [0.5, 0.6) is 0 Å². The van der Waals surface area contributed by atoms with E-state index in [1.54, 1.807) is 24.7 Å². The zero-order chi connectivity index (χ0) is 12.4. The molecule has 0 spiro atoms. The van der Waals surface area contributed by atoms with Crippen LogP contribution >= 0.6 is 0 Å². The molecule has 0 atom stereocenters. The van der Waals surface area contributed by atoms with Crippen molar-refractivity contribution in [2.45, 2.75) is 6.42 Å². The number of nitrogens with one attached hydrogen (secondary N) is 1. The van der Waals surface area contributed by atoms with Gasteiger partial charge >= 0.3 is 0 Å². The van der Waals surface area contributed by atoms with Gasteiger partial charge in [-0.2, -0.15) is 9.98 Å². The predicted molar refractivity (Wildman–Crippen MR) is 64.4 cm³/mol. The lowest BCUT2D eigenvalue weighted by molar-refractivity contribution is -0.117. The van der Waals surface area contributed by atoms with Crippen LogP contribution in [0, 0.1) is 0 Å². The summed E-state index contributed by atoms with van der Waals surface area (Å²) in [4.78, 5) is 27.4. The van der Waals surface area contributed by atoms with E-state index in [1.807, 2.05) is 12.1 Å². The molecule has 6 nitrogen and oxygen atoms in total. The molecule has 0 aliphatic carbocycles. The third kappa shape index (κ3) is 2.08. The summed E-state index contributed by atoms with van der Waals surface area (Å²) in [5.41, 5.74) is 1.19. The zero-order valence-corrected chi connectivity index (χ0v) is 9.37. The van der Waals surface area contributed by atoms with Crippen molar-refractivity contribution in [3.63, 3.8) is 0 Å². The molecule has 0 aromatic carbocycles. The van der Waals surface area contributed by atoms with Gasteiger partial charge in [-0.1, -0.05) is 6.08 Å². The van der Waals surface area contributed by atoms with E-state index in [2.05, 4.69) is 25.3 Å². The maximum absolute atomic E-state index is 11.2. The largest absolute Gasteiger partial charge is 0.323 e. The second-order valence-electron chi connectivity index (χ2n) is 3.75. The lowest BCUT2D eigenvalue weighted by Crippen LogP contribution is -2.33. The first kappa shape index (κ1) is 10.5. The fourth-order valence-corrected chi connectivity index (χ4v) is 1.60. The third-order valence-corrected chi connectivity index (χ3v) is 2.44. The standard InChI is InChI=1S/C12H9N5O/c18-10-4-3-8-6-14-12(17-11(8)16-10)15-9-2-1-5-13-7-9/h1-3,5-7H,4H2,(H,15,16,17,18). The number of carbonyl (C=O) groups is 1. The minimum atomic E-state index is -0.187. The monoisotopic (exact) mass is 239 g/mol. The molecule has 3 rings (SSSR count). The van der Waals surface area contributed by atoms with Crippen LogP contribution in [0.2, 0.25) is 0 Å². The fraction of sp³-hybridized carbons (Fsp3) is 0.0833. The molecule has 0 unspecified atom stereocenters. The molecule has 6 heteroatoms. The van der Waals surface area contributed by atoms with E-state index >= 15 is 0 Å². The van der Waals surface area contributed by atoms with Crippen LogP contribution in [0.15, 0.2) is 35.7 Å². The summed E-state index contributed by atoms with van der Waals surface area (Å²) in [5, 5.41) is 3.78. The number of hydrogen-bond donors (Lipinski definition) is 1. The van der Waals surface area contributed by atoms with Gasteiger partial charge in [0.1, 0.15) is 0 Å². The Morgan fingerprint density at radius 2 is 2.22 bits per heavy atom. The van der Waals surface area contributed by atoms with Gasteiger partial charge in [-0.3, -0.25) is 9.78 Å². The summed E-state index contributed by atoms with van der Waals surface area (Å²) in [6, 6.07) is 3.66. The molecule has 0 fully saturated rings. The van der Waals surface area contributed by atoms with Crippen molar-refractivity contribution in [1.29, 1.82) is 0 Å². The SMILES string of the molecule is O=C1CC=c2cnc(Nc3cccnc3)nc2=N1. The van der Waals surface area contributed by atoms with Gasteiger partial charge in [-0.25, -0.2) is 4.98 Å². The number of aromatic nitrogens is 3. The van der Waals surface area contributed by atoms with E-state index in [4.69, 9.17) is 0 Å². The molecule has 0 saturated heterocycles. The number of hydrogen-bond acceptors (Lipinski definition) is 5. The van der Waals surface area contributed by atoms with E-state index in [1.165, 1.54) is 0 Å². The van der Waals surface area contributed by atoms with Gasteiger partial charge in [0.05, 0.1) is 11.9 Å². The second kappa shape index (κ2) is 4.33. The molecule has 88 valence electrons. The molecule has 1 amide bonds. The molecular weight excluding hydrogens is 230 g/mol. The van der Waals surface area contributed by atoms with E-state index in [0.29, 0.717) is 17.9 Å². The maximum Gasteiger partial charge on any atom is 0.251 e. The average Bonchev–Trinajstić information content (AvgIpc) is 2.39. The topological polar surface area (TPSA) is 80.1 Å². The number of carbonyl (C=O) groups excluding carboxylic acids is 1. The number of pyridine rings is 1. The van der Waals surface area contributed by atoms with Crippen LogP contribution in [-0.4, -0.2) is 20.9 Å². The van der Waals surface area contributed by atoms with Crippen molar-refractivity contribution < 1.29 is 4.79 Å². The molecule has 3 heterocycles. The lowest BCUT2D eigenvalue weighted by Gasteiger charge is -2.04. The molecule has 1 aliphatic rings. The Morgan fingerprint density at radius 1 is 1.28 bits per heavy atom. The van der Waals surface area contributed by atoms with Gasteiger partial charge in [0.2, 0.25) is 5.95 Å². The smallest absolute Gasteiger partial charge is 0.251 e. The molecule has 18 heavy (non-hydrogen) atoms. The van der Waals surface area contributed by atoms with E-state index in [0.717, 1.165) is 10.9 Å². The van der Waals surface area contributed by atoms with Crippen LogP contribution in [0.4, 0.5) is 11.6 Å². The molecule has 1 aliphatic heterocycles. The summed E-state index contributed by atoms with van der Waals surface area (Å²) in [6.45, 7) is 0.